The Kier molecular flexibility index (Phi) is 3.52. The van der Waals surface area contributed by atoms with Crippen molar-refractivity contribution in [1.82, 2.24) is 4.98 Å². The summed E-state index contributed by atoms with van der Waals surface area (Å²) in [5, 5.41) is 8.73. The predicted molar refractivity (Wildman–Crippen MR) is 47.8 cm³/mol. The number of pyridine rings is 1. The maximum Gasteiger partial charge on any atom is 0.263 e. The molecular weight excluding hydrogens is 186 g/mol. The van der Waals surface area contributed by atoms with Crippen LogP contribution in [0.5, 0.6) is 0 Å². The van der Waals surface area contributed by atoms with Crippen LogP contribution in [-0.2, 0) is 0 Å². The lowest BCUT2D eigenvalue weighted by Crippen LogP contribution is -1.98. The van der Waals surface area contributed by atoms with E-state index in [1.54, 1.807) is 0 Å². The Morgan fingerprint density at radius 1 is 1.57 bits per heavy atom. The fraction of sp³-hybridized carbons (Fsp3) is 0.400. The van der Waals surface area contributed by atoms with Crippen molar-refractivity contribution in [3.63, 3.8) is 0 Å². The van der Waals surface area contributed by atoms with Gasteiger partial charge >= 0.3 is 0 Å². The minimum atomic E-state index is -2.51. The van der Waals surface area contributed by atoms with Crippen LogP contribution in [0.15, 0.2) is 18.3 Å². The van der Waals surface area contributed by atoms with Gasteiger partial charge in [-0.3, -0.25) is 4.98 Å². The maximum absolute atomic E-state index is 12.3. The maximum atomic E-state index is 12.3. The number of nitriles is 1. The van der Waals surface area contributed by atoms with Crippen LogP contribution in [0.1, 0.15) is 36.9 Å². The molecule has 4 heteroatoms. The number of hydrogen-bond donors (Lipinski definition) is 0. The first-order valence-corrected chi connectivity index (χ1v) is 4.32. The third kappa shape index (κ3) is 2.25. The van der Waals surface area contributed by atoms with E-state index in [-0.39, 0.29) is 5.56 Å². The van der Waals surface area contributed by atoms with Gasteiger partial charge in [-0.2, -0.15) is 5.26 Å². The quantitative estimate of drug-likeness (QED) is 0.745. The van der Waals surface area contributed by atoms with Gasteiger partial charge in [0.25, 0.3) is 6.43 Å². The van der Waals surface area contributed by atoms with Crippen molar-refractivity contribution < 1.29 is 8.78 Å². The highest BCUT2D eigenvalue weighted by Gasteiger charge is 2.13. The van der Waals surface area contributed by atoms with Gasteiger partial charge in [0.1, 0.15) is 0 Å². The van der Waals surface area contributed by atoms with E-state index in [2.05, 4.69) is 4.98 Å². The topological polar surface area (TPSA) is 36.7 Å². The van der Waals surface area contributed by atoms with E-state index in [1.807, 2.05) is 13.0 Å². The number of rotatable bonds is 3. The van der Waals surface area contributed by atoms with Gasteiger partial charge < -0.3 is 0 Å². The monoisotopic (exact) mass is 196 g/mol. The van der Waals surface area contributed by atoms with Crippen molar-refractivity contribution in [2.45, 2.75) is 25.7 Å². The summed E-state index contributed by atoms with van der Waals surface area (Å²) in [5.41, 5.74) is 0.344. The molecule has 0 saturated heterocycles. The smallest absolute Gasteiger partial charge is 0.260 e. The van der Waals surface area contributed by atoms with Gasteiger partial charge in [-0.05, 0) is 18.6 Å². The van der Waals surface area contributed by atoms with Crippen molar-refractivity contribution in [2.75, 3.05) is 0 Å². The third-order valence-corrected chi connectivity index (χ3v) is 1.98. The summed E-state index contributed by atoms with van der Waals surface area (Å²) in [5.74, 6) is -0.395. The van der Waals surface area contributed by atoms with E-state index >= 15 is 0 Å². The first-order valence-electron chi connectivity index (χ1n) is 4.32. The molecule has 0 aliphatic heterocycles. The van der Waals surface area contributed by atoms with Gasteiger partial charge in [-0.1, -0.05) is 6.92 Å². The number of alkyl halides is 2. The van der Waals surface area contributed by atoms with Crippen LogP contribution in [0.25, 0.3) is 0 Å². The van der Waals surface area contributed by atoms with E-state index in [0.29, 0.717) is 12.1 Å². The number of hydrogen-bond acceptors (Lipinski definition) is 2. The zero-order chi connectivity index (χ0) is 10.6. The third-order valence-electron chi connectivity index (χ3n) is 1.98. The molecule has 74 valence electrons. The molecule has 14 heavy (non-hydrogen) atoms. The van der Waals surface area contributed by atoms with E-state index in [0.717, 1.165) is 0 Å². The Morgan fingerprint density at radius 3 is 2.79 bits per heavy atom. The molecule has 0 N–H and O–H groups in total. The second-order valence-electron chi connectivity index (χ2n) is 2.90. The Balaban J connectivity index is 3.00. The molecule has 0 fully saturated rings. The van der Waals surface area contributed by atoms with Crippen LogP contribution in [-0.4, -0.2) is 4.98 Å². The lowest BCUT2D eigenvalue weighted by Gasteiger charge is -2.06. The minimum Gasteiger partial charge on any atom is -0.260 e. The van der Waals surface area contributed by atoms with Gasteiger partial charge in [0.15, 0.2) is 0 Å². The molecule has 0 amide bonds. The fourth-order valence-corrected chi connectivity index (χ4v) is 1.16. The van der Waals surface area contributed by atoms with E-state index < -0.39 is 12.3 Å². The zero-order valence-corrected chi connectivity index (χ0v) is 7.74. The Labute approximate surface area is 81.2 Å². The molecule has 1 heterocycles. The molecule has 0 aromatic carbocycles. The van der Waals surface area contributed by atoms with Crippen LogP contribution in [0.3, 0.4) is 0 Å². The number of aromatic nitrogens is 1. The second kappa shape index (κ2) is 4.66. The fourth-order valence-electron chi connectivity index (χ4n) is 1.16. The van der Waals surface area contributed by atoms with Crippen LogP contribution in [0.4, 0.5) is 8.78 Å². The molecule has 0 bridgehead atoms. The molecule has 0 radical (unpaired) electrons. The lowest BCUT2D eigenvalue weighted by molar-refractivity contribution is 0.151. The van der Waals surface area contributed by atoms with Crippen LogP contribution in [0, 0.1) is 11.3 Å². The summed E-state index contributed by atoms with van der Waals surface area (Å²) in [6.07, 6.45) is -0.611. The molecule has 1 rings (SSSR count). The summed E-state index contributed by atoms with van der Waals surface area (Å²) < 4.78 is 24.6. The van der Waals surface area contributed by atoms with Crippen molar-refractivity contribution >= 4 is 0 Å². The Hall–Kier alpha value is -1.50. The van der Waals surface area contributed by atoms with E-state index in [1.165, 1.54) is 18.3 Å². The molecule has 1 aromatic rings. The molecule has 0 aliphatic carbocycles. The normalized spacial score (nSPS) is 12.5. The minimum absolute atomic E-state index is 0.0799. The van der Waals surface area contributed by atoms with Crippen molar-refractivity contribution in [3.05, 3.63) is 29.6 Å². The van der Waals surface area contributed by atoms with Gasteiger partial charge in [-0.25, -0.2) is 8.78 Å². The van der Waals surface area contributed by atoms with Crippen LogP contribution >= 0.6 is 0 Å². The van der Waals surface area contributed by atoms with Crippen LogP contribution in [0.2, 0.25) is 0 Å². The van der Waals surface area contributed by atoms with E-state index in [9.17, 15) is 8.78 Å². The Bertz CT molecular complexity index is 344. The highest BCUT2D eigenvalue weighted by Crippen LogP contribution is 2.22. The summed E-state index contributed by atoms with van der Waals surface area (Å²) in [7, 11) is 0. The summed E-state index contributed by atoms with van der Waals surface area (Å²) in [6.45, 7) is 1.82. The highest BCUT2D eigenvalue weighted by molar-refractivity contribution is 5.23. The van der Waals surface area contributed by atoms with Gasteiger partial charge in [0, 0.05) is 11.8 Å². The number of halogens is 2. The SMILES string of the molecule is CCC(C#N)c1cc(C(F)F)ccn1. The van der Waals surface area contributed by atoms with Gasteiger partial charge in [0.2, 0.25) is 0 Å². The van der Waals surface area contributed by atoms with Crippen molar-refractivity contribution in [1.29, 1.82) is 5.26 Å². The van der Waals surface area contributed by atoms with E-state index in [4.69, 9.17) is 5.26 Å². The van der Waals surface area contributed by atoms with Gasteiger partial charge in [0.05, 0.1) is 17.7 Å². The Morgan fingerprint density at radius 2 is 2.29 bits per heavy atom. The largest absolute Gasteiger partial charge is 0.263 e. The molecule has 0 saturated carbocycles. The molecular formula is C10H10F2N2. The van der Waals surface area contributed by atoms with Crippen molar-refractivity contribution in [2.24, 2.45) is 0 Å². The van der Waals surface area contributed by atoms with Crippen LogP contribution < -0.4 is 0 Å². The summed E-state index contributed by atoms with van der Waals surface area (Å²) in [4.78, 5) is 3.91. The first-order chi connectivity index (χ1) is 6.69. The number of nitrogens with zero attached hydrogens (tertiary/aromatic N) is 2. The molecule has 0 spiro atoms. The average molecular weight is 196 g/mol. The molecule has 1 aromatic heterocycles. The molecule has 1 atom stereocenters. The molecule has 2 nitrogen and oxygen atoms in total. The molecule has 1 unspecified atom stereocenters. The average Bonchev–Trinajstić information content (AvgIpc) is 2.20. The predicted octanol–water partition coefficient (Wildman–Crippen LogP) is 3.04. The first kappa shape index (κ1) is 10.6. The summed E-state index contributed by atoms with van der Waals surface area (Å²) >= 11 is 0. The highest BCUT2D eigenvalue weighted by atomic mass is 19.3. The van der Waals surface area contributed by atoms with Crippen molar-refractivity contribution in [3.8, 4) is 6.07 Å². The zero-order valence-electron chi connectivity index (χ0n) is 7.74. The summed E-state index contributed by atoms with van der Waals surface area (Å²) in [6, 6.07) is 4.58. The molecule has 0 aliphatic rings. The van der Waals surface area contributed by atoms with Gasteiger partial charge in [-0.15, -0.1) is 0 Å². The second-order valence-corrected chi connectivity index (χ2v) is 2.90. The lowest BCUT2D eigenvalue weighted by atomic mass is 10.0. The standard InChI is InChI=1S/C10H10F2N2/c1-2-7(6-13)9-5-8(10(11)12)3-4-14-9/h3-5,7,10H,2H2,1H3.